The van der Waals surface area contributed by atoms with Crippen LogP contribution in [0, 0.1) is 6.92 Å². The molecule has 0 aromatic heterocycles. The Labute approximate surface area is 126 Å². The molecule has 0 saturated carbocycles. The molecule has 3 N–H and O–H groups in total. The molecule has 0 aliphatic rings. The first-order chi connectivity index (χ1) is 9.85. The van der Waals surface area contributed by atoms with Gasteiger partial charge in [-0.3, -0.25) is 0 Å². The number of amides is 2. The Morgan fingerprint density at radius 2 is 2.10 bits per heavy atom. The van der Waals surface area contributed by atoms with Crippen molar-refractivity contribution in [1.82, 2.24) is 10.6 Å². The van der Waals surface area contributed by atoms with Gasteiger partial charge in [0, 0.05) is 25.6 Å². The van der Waals surface area contributed by atoms with Gasteiger partial charge in [-0.05, 0) is 12.5 Å². The second kappa shape index (κ2) is 8.00. The summed E-state index contributed by atoms with van der Waals surface area (Å²) in [5, 5.41) is 14.9. The molecular formula is C16H26N2O3. The van der Waals surface area contributed by atoms with Gasteiger partial charge in [-0.25, -0.2) is 4.79 Å². The van der Waals surface area contributed by atoms with Crippen molar-refractivity contribution in [2.75, 3.05) is 26.8 Å². The molecule has 0 radical (unpaired) electrons. The third-order valence-corrected chi connectivity index (χ3v) is 3.35. The summed E-state index contributed by atoms with van der Waals surface area (Å²) in [5.74, 6) is 0. The van der Waals surface area contributed by atoms with Crippen molar-refractivity contribution in [3.05, 3.63) is 35.4 Å². The number of hydrogen-bond acceptors (Lipinski definition) is 3. The van der Waals surface area contributed by atoms with E-state index in [9.17, 15) is 9.90 Å². The van der Waals surface area contributed by atoms with Crippen LogP contribution in [0.2, 0.25) is 0 Å². The van der Waals surface area contributed by atoms with Crippen LogP contribution < -0.4 is 10.6 Å². The van der Waals surface area contributed by atoms with Gasteiger partial charge in [0.2, 0.25) is 0 Å². The molecule has 1 atom stereocenters. The molecule has 1 rings (SSSR count). The van der Waals surface area contributed by atoms with E-state index in [1.165, 1.54) is 18.2 Å². The van der Waals surface area contributed by atoms with E-state index < -0.39 is 6.10 Å². The Bertz CT molecular complexity index is 461. The van der Waals surface area contributed by atoms with E-state index >= 15 is 0 Å². The van der Waals surface area contributed by atoms with Gasteiger partial charge in [-0.2, -0.15) is 0 Å². The second-order valence-corrected chi connectivity index (χ2v) is 5.93. The maximum Gasteiger partial charge on any atom is 0.314 e. The van der Waals surface area contributed by atoms with Crippen LogP contribution in [0.25, 0.3) is 0 Å². The van der Waals surface area contributed by atoms with E-state index in [0.29, 0.717) is 6.54 Å². The summed E-state index contributed by atoms with van der Waals surface area (Å²) in [5.41, 5.74) is 2.23. The maximum absolute atomic E-state index is 11.7. The summed E-state index contributed by atoms with van der Waals surface area (Å²) in [4.78, 5) is 11.7. The highest BCUT2D eigenvalue weighted by Gasteiger charge is 2.21. The molecule has 5 nitrogen and oxygen atoms in total. The lowest BCUT2D eigenvalue weighted by molar-refractivity contribution is 0.0659. The lowest BCUT2D eigenvalue weighted by atomic mass is 9.84. The average Bonchev–Trinajstić information content (AvgIpc) is 2.43. The van der Waals surface area contributed by atoms with Crippen LogP contribution in [-0.4, -0.2) is 44.0 Å². The van der Waals surface area contributed by atoms with Gasteiger partial charge >= 0.3 is 6.03 Å². The van der Waals surface area contributed by atoms with Crippen LogP contribution in [0.3, 0.4) is 0 Å². The Morgan fingerprint density at radius 1 is 1.38 bits per heavy atom. The highest BCUT2D eigenvalue weighted by molar-refractivity contribution is 5.74. The molecule has 118 valence electrons. The molecule has 0 fully saturated rings. The topological polar surface area (TPSA) is 70.6 Å². The normalized spacial score (nSPS) is 12.8. The van der Waals surface area contributed by atoms with Gasteiger partial charge < -0.3 is 20.5 Å². The van der Waals surface area contributed by atoms with Crippen molar-refractivity contribution < 1.29 is 14.6 Å². The predicted molar refractivity (Wildman–Crippen MR) is 83.5 cm³/mol. The molecule has 0 saturated heterocycles. The van der Waals surface area contributed by atoms with Crippen LogP contribution in [0.5, 0.6) is 0 Å². The molecule has 0 aliphatic carbocycles. The summed E-state index contributed by atoms with van der Waals surface area (Å²) in [6, 6.07) is 7.98. The number of methoxy groups -OCH3 is 1. The monoisotopic (exact) mass is 294 g/mol. The fourth-order valence-electron chi connectivity index (χ4n) is 1.99. The van der Waals surface area contributed by atoms with E-state index in [1.807, 2.05) is 6.07 Å². The minimum atomic E-state index is -0.689. The van der Waals surface area contributed by atoms with Gasteiger partial charge in [-0.15, -0.1) is 0 Å². The van der Waals surface area contributed by atoms with Crippen LogP contribution in [0.15, 0.2) is 24.3 Å². The number of aliphatic hydroxyl groups is 1. The molecule has 1 unspecified atom stereocenters. The number of carbonyl (C=O) groups excluding carboxylic acids is 1. The van der Waals surface area contributed by atoms with Crippen LogP contribution in [-0.2, 0) is 10.2 Å². The standard InChI is InChI=1S/C16H26N2O3/c1-12-6-5-7-13(8-12)16(2,3)11-18-15(20)17-9-14(19)10-21-4/h5-8,14,19H,9-11H2,1-4H3,(H2,17,18,20). The van der Waals surface area contributed by atoms with Crippen LogP contribution >= 0.6 is 0 Å². The molecule has 5 heteroatoms. The summed E-state index contributed by atoms with van der Waals surface area (Å²) in [6.45, 7) is 7.11. The Morgan fingerprint density at radius 3 is 2.71 bits per heavy atom. The number of aryl methyl sites for hydroxylation is 1. The number of urea groups is 1. The number of hydrogen-bond donors (Lipinski definition) is 3. The van der Waals surface area contributed by atoms with Crippen molar-refractivity contribution in [3.8, 4) is 0 Å². The molecule has 21 heavy (non-hydrogen) atoms. The quantitative estimate of drug-likeness (QED) is 0.715. The summed E-state index contributed by atoms with van der Waals surface area (Å²) >= 11 is 0. The fourth-order valence-corrected chi connectivity index (χ4v) is 1.99. The summed E-state index contributed by atoms with van der Waals surface area (Å²) < 4.78 is 4.80. The van der Waals surface area contributed by atoms with E-state index in [0.717, 1.165) is 0 Å². The average molecular weight is 294 g/mol. The first-order valence-corrected chi connectivity index (χ1v) is 7.11. The molecule has 0 heterocycles. The van der Waals surface area contributed by atoms with Crippen LogP contribution in [0.1, 0.15) is 25.0 Å². The molecule has 0 bridgehead atoms. The van der Waals surface area contributed by atoms with Crippen molar-refractivity contribution in [1.29, 1.82) is 0 Å². The third kappa shape index (κ3) is 6.14. The summed E-state index contributed by atoms with van der Waals surface area (Å²) in [7, 11) is 1.51. The van der Waals surface area contributed by atoms with Crippen molar-refractivity contribution >= 4 is 6.03 Å². The minimum Gasteiger partial charge on any atom is -0.389 e. The van der Waals surface area contributed by atoms with Gasteiger partial charge in [0.25, 0.3) is 0 Å². The Hall–Kier alpha value is -1.59. The molecular weight excluding hydrogens is 268 g/mol. The second-order valence-electron chi connectivity index (χ2n) is 5.93. The highest BCUT2D eigenvalue weighted by atomic mass is 16.5. The summed E-state index contributed by atoms with van der Waals surface area (Å²) in [6.07, 6.45) is -0.689. The largest absolute Gasteiger partial charge is 0.389 e. The van der Waals surface area contributed by atoms with Gasteiger partial charge in [0.05, 0.1) is 12.7 Å². The first-order valence-electron chi connectivity index (χ1n) is 7.11. The van der Waals surface area contributed by atoms with E-state index in [-0.39, 0.29) is 24.6 Å². The lowest BCUT2D eigenvalue weighted by Crippen LogP contribution is -2.45. The maximum atomic E-state index is 11.7. The number of ether oxygens (including phenoxy) is 1. The van der Waals surface area contributed by atoms with E-state index in [4.69, 9.17) is 4.74 Å². The molecule has 1 aromatic rings. The molecule has 1 aromatic carbocycles. The van der Waals surface area contributed by atoms with Crippen molar-refractivity contribution in [2.24, 2.45) is 0 Å². The first kappa shape index (κ1) is 17.5. The van der Waals surface area contributed by atoms with Crippen molar-refractivity contribution in [3.63, 3.8) is 0 Å². The van der Waals surface area contributed by atoms with Gasteiger partial charge in [-0.1, -0.05) is 43.7 Å². The molecule has 0 spiro atoms. The highest BCUT2D eigenvalue weighted by Crippen LogP contribution is 2.22. The number of aliphatic hydroxyl groups excluding tert-OH is 1. The number of nitrogens with one attached hydrogen (secondary N) is 2. The number of rotatable bonds is 7. The number of carbonyl (C=O) groups is 1. The zero-order valence-corrected chi connectivity index (χ0v) is 13.3. The zero-order valence-electron chi connectivity index (χ0n) is 13.3. The number of benzene rings is 1. The van der Waals surface area contributed by atoms with Crippen LogP contribution in [0.4, 0.5) is 4.79 Å². The zero-order chi connectivity index (χ0) is 15.9. The van der Waals surface area contributed by atoms with E-state index in [2.05, 4.69) is 49.6 Å². The molecule has 0 aliphatic heterocycles. The van der Waals surface area contributed by atoms with Gasteiger partial charge in [0.1, 0.15) is 0 Å². The lowest BCUT2D eigenvalue weighted by Gasteiger charge is -2.26. The third-order valence-electron chi connectivity index (χ3n) is 3.35. The van der Waals surface area contributed by atoms with Crippen molar-refractivity contribution in [2.45, 2.75) is 32.3 Å². The van der Waals surface area contributed by atoms with E-state index in [1.54, 1.807) is 0 Å². The minimum absolute atomic E-state index is 0.158. The predicted octanol–water partition coefficient (Wildman–Crippen LogP) is 1.58. The Balaban J connectivity index is 2.44. The SMILES string of the molecule is COCC(O)CNC(=O)NCC(C)(C)c1cccc(C)c1. The Kier molecular flexibility index (Phi) is 6.65. The smallest absolute Gasteiger partial charge is 0.314 e. The van der Waals surface area contributed by atoms with Gasteiger partial charge in [0.15, 0.2) is 0 Å². The fraction of sp³-hybridized carbons (Fsp3) is 0.562. The molecule has 2 amide bonds.